The van der Waals surface area contributed by atoms with Crippen LogP contribution in [0.25, 0.3) is 0 Å². The molecule has 0 saturated heterocycles. The van der Waals surface area contributed by atoms with E-state index in [-0.39, 0.29) is 11.9 Å². The summed E-state index contributed by atoms with van der Waals surface area (Å²) in [5, 5.41) is 3.53. The molecule has 3 heteroatoms. The molecule has 0 aromatic heterocycles. The van der Waals surface area contributed by atoms with Crippen molar-refractivity contribution >= 4 is 0 Å². The topological polar surface area (TPSA) is 21.3 Å². The van der Waals surface area contributed by atoms with Crippen molar-refractivity contribution in [1.82, 2.24) is 5.32 Å². The smallest absolute Gasteiger partial charge is 0.123 e. The molecule has 1 aliphatic carbocycles. The fraction of sp³-hybridized carbons (Fsp3) is 0.625. The van der Waals surface area contributed by atoms with E-state index in [4.69, 9.17) is 4.74 Å². The zero-order valence-corrected chi connectivity index (χ0v) is 11.7. The first kappa shape index (κ1) is 14.3. The summed E-state index contributed by atoms with van der Waals surface area (Å²) in [6, 6.07) is 6.77. The number of halogens is 1. The second kappa shape index (κ2) is 7.49. The van der Waals surface area contributed by atoms with Gasteiger partial charge in [-0.15, -0.1) is 0 Å². The van der Waals surface area contributed by atoms with Crippen LogP contribution >= 0.6 is 0 Å². The van der Waals surface area contributed by atoms with Crippen LogP contribution in [0.15, 0.2) is 24.3 Å². The molecule has 19 heavy (non-hydrogen) atoms. The number of ether oxygens (including phenoxy) is 1. The first-order chi connectivity index (χ1) is 9.29. The van der Waals surface area contributed by atoms with Gasteiger partial charge in [-0.1, -0.05) is 26.2 Å². The Morgan fingerprint density at radius 3 is 2.47 bits per heavy atom. The van der Waals surface area contributed by atoms with Gasteiger partial charge in [0.25, 0.3) is 0 Å². The van der Waals surface area contributed by atoms with Crippen LogP contribution in [0, 0.1) is 5.82 Å². The van der Waals surface area contributed by atoms with E-state index in [1.54, 1.807) is 12.1 Å². The fourth-order valence-corrected chi connectivity index (χ4v) is 2.78. The molecule has 0 heterocycles. The molecule has 0 radical (unpaired) electrons. The Bertz CT molecular complexity index is 366. The summed E-state index contributed by atoms with van der Waals surface area (Å²) in [6.45, 7) is 3.10. The van der Waals surface area contributed by atoms with Gasteiger partial charge in [-0.25, -0.2) is 4.39 Å². The van der Waals surface area contributed by atoms with E-state index in [0.29, 0.717) is 6.04 Å². The Kier molecular flexibility index (Phi) is 5.64. The lowest BCUT2D eigenvalue weighted by Crippen LogP contribution is -2.43. The van der Waals surface area contributed by atoms with E-state index in [9.17, 15) is 4.39 Å². The van der Waals surface area contributed by atoms with Gasteiger partial charge in [0.15, 0.2) is 0 Å². The summed E-state index contributed by atoms with van der Waals surface area (Å²) >= 11 is 0. The predicted molar refractivity (Wildman–Crippen MR) is 76.0 cm³/mol. The molecule has 1 aromatic carbocycles. The van der Waals surface area contributed by atoms with Crippen molar-refractivity contribution < 1.29 is 9.13 Å². The predicted octanol–water partition coefficient (Wildman–Crippen LogP) is 3.91. The van der Waals surface area contributed by atoms with Crippen LogP contribution in [0.5, 0.6) is 5.75 Å². The monoisotopic (exact) mass is 265 g/mol. The molecular weight excluding hydrogens is 241 g/mol. The molecule has 1 aliphatic rings. The summed E-state index contributed by atoms with van der Waals surface area (Å²) in [5.41, 5.74) is 0. The average molecular weight is 265 g/mol. The SMILES string of the molecule is CCNC1CCCCCCC1Oc1ccc(F)cc1. The molecule has 1 fully saturated rings. The van der Waals surface area contributed by atoms with Crippen LogP contribution in [0.4, 0.5) is 4.39 Å². The number of nitrogens with one attached hydrogen (secondary N) is 1. The van der Waals surface area contributed by atoms with E-state index in [0.717, 1.165) is 18.7 Å². The largest absolute Gasteiger partial charge is 0.489 e. The zero-order chi connectivity index (χ0) is 13.5. The van der Waals surface area contributed by atoms with E-state index >= 15 is 0 Å². The molecule has 0 amide bonds. The molecule has 0 spiro atoms. The van der Waals surface area contributed by atoms with Crippen LogP contribution in [0.2, 0.25) is 0 Å². The molecule has 0 aliphatic heterocycles. The molecule has 106 valence electrons. The highest BCUT2D eigenvalue weighted by atomic mass is 19.1. The molecule has 1 aromatic rings. The number of hydrogen-bond acceptors (Lipinski definition) is 2. The highest BCUT2D eigenvalue weighted by Crippen LogP contribution is 2.23. The van der Waals surface area contributed by atoms with Crippen molar-refractivity contribution in [1.29, 1.82) is 0 Å². The normalized spacial score (nSPS) is 24.5. The molecular formula is C16H24FNO. The van der Waals surface area contributed by atoms with Gasteiger partial charge in [0, 0.05) is 6.04 Å². The van der Waals surface area contributed by atoms with E-state index < -0.39 is 0 Å². The third kappa shape index (κ3) is 4.50. The van der Waals surface area contributed by atoms with Gasteiger partial charge < -0.3 is 10.1 Å². The maximum atomic E-state index is 12.9. The lowest BCUT2D eigenvalue weighted by molar-refractivity contribution is 0.128. The highest BCUT2D eigenvalue weighted by molar-refractivity contribution is 5.22. The Hall–Kier alpha value is -1.09. The van der Waals surface area contributed by atoms with Gasteiger partial charge in [0.2, 0.25) is 0 Å². The second-order valence-corrected chi connectivity index (χ2v) is 5.27. The summed E-state index contributed by atoms with van der Waals surface area (Å²) < 4.78 is 19.0. The molecule has 2 rings (SSSR count). The molecule has 2 nitrogen and oxygen atoms in total. The maximum Gasteiger partial charge on any atom is 0.123 e. The average Bonchev–Trinajstić information content (AvgIpc) is 2.39. The maximum absolute atomic E-state index is 12.9. The van der Waals surface area contributed by atoms with E-state index in [2.05, 4.69) is 12.2 Å². The lowest BCUT2D eigenvalue weighted by Gasteiger charge is -2.30. The first-order valence-corrected chi connectivity index (χ1v) is 7.45. The van der Waals surface area contributed by atoms with Gasteiger partial charge >= 0.3 is 0 Å². The van der Waals surface area contributed by atoms with Crippen LogP contribution in [0.1, 0.15) is 45.4 Å². The summed E-state index contributed by atoms with van der Waals surface area (Å²) in [7, 11) is 0. The minimum Gasteiger partial charge on any atom is -0.489 e. The molecule has 0 bridgehead atoms. The van der Waals surface area contributed by atoms with Gasteiger partial charge in [-0.05, 0) is 50.1 Å². The third-order valence-corrected chi connectivity index (χ3v) is 3.77. The Morgan fingerprint density at radius 1 is 1.11 bits per heavy atom. The highest BCUT2D eigenvalue weighted by Gasteiger charge is 2.23. The molecule has 1 N–H and O–H groups in total. The van der Waals surface area contributed by atoms with Crippen molar-refractivity contribution in [2.45, 2.75) is 57.6 Å². The van der Waals surface area contributed by atoms with E-state index in [1.807, 2.05) is 0 Å². The van der Waals surface area contributed by atoms with Crippen LogP contribution in [-0.4, -0.2) is 18.7 Å². The Balaban J connectivity index is 2.01. The van der Waals surface area contributed by atoms with Crippen LogP contribution in [0.3, 0.4) is 0 Å². The van der Waals surface area contributed by atoms with Crippen molar-refractivity contribution in [3.63, 3.8) is 0 Å². The van der Waals surface area contributed by atoms with Gasteiger partial charge in [-0.3, -0.25) is 0 Å². The minimum absolute atomic E-state index is 0.200. The molecule has 2 atom stereocenters. The lowest BCUT2D eigenvalue weighted by atomic mass is 9.94. The van der Waals surface area contributed by atoms with E-state index in [1.165, 1.54) is 44.2 Å². The number of likely N-dealkylation sites (N-methyl/N-ethyl adjacent to an activating group) is 1. The summed E-state index contributed by atoms with van der Waals surface area (Å²) in [5.74, 6) is 0.558. The van der Waals surface area contributed by atoms with Crippen molar-refractivity contribution in [2.75, 3.05) is 6.54 Å². The van der Waals surface area contributed by atoms with Crippen LogP contribution < -0.4 is 10.1 Å². The van der Waals surface area contributed by atoms with Gasteiger partial charge in [-0.2, -0.15) is 0 Å². The quantitative estimate of drug-likeness (QED) is 0.891. The number of hydrogen-bond donors (Lipinski definition) is 1. The zero-order valence-electron chi connectivity index (χ0n) is 11.7. The molecule has 1 saturated carbocycles. The second-order valence-electron chi connectivity index (χ2n) is 5.27. The number of rotatable bonds is 4. The molecule has 2 unspecified atom stereocenters. The Labute approximate surface area is 115 Å². The summed E-state index contributed by atoms with van der Waals surface area (Å²) in [4.78, 5) is 0. The van der Waals surface area contributed by atoms with Crippen molar-refractivity contribution in [3.05, 3.63) is 30.1 Å². The first-order valence-electron chi connectivity index (χ1n) is 7.45. The standard InChI is InChI=1S/C16H24FNO/c1-2-18-15-7-5-3-4-6-8-16(15)19-14-11-9-13(17)10-12-14/h9-12,15-16,18H,2-8H2,1H3. The summed E-state index contributed by atoms with van der Waals surface area (Å²) in [6.07, 6.45) is 7.54. The van der Waals surface area contributed by atoms with Gasteiger partial charge in [0.1, 0.15) is 17.7 Å². The number of benzene rings is 1. The van der Waals surface area contributed by atoms with Crippen LogP contribution in [-0.2, 0) is 0 Å². The van der Waals surface area contributed by atoms with Crippen molar-refractivity contribution in [3.8, 4) is 5.75 Å². The fourth-order valence-electron chi connectivity index (χ4n) is 2.78. The Morgan fingerprint density at radius 2 is 1.79 bits per heavy atom. The van der Waals surface area contributed by atoms with Crippen molar-refractivity contribution in [2.24, 2.45) is 0 Å². The minimum atomic E-state index is -0.215. The third-order valence-electron chi connectivity index (χ3n) is 3.77. The van der Waals surface area contributed by atoms with Gasteiger partial charge in [0.05, 0.1) is 0 Å².